The highest BCUT2D eigenvalue weighted by molar-refractivity contribution is 5.94. The Morgan fingerprint density at radius 3 is 2.32 bits per heavy atom. The molecule has 1 amide bonds. The van der Waals surface area contributed by atoms with Gasteiger partial charge in [-0.3, -0.25) is 4.79 Å². The third kappa shape index (κ3) is 4.58. The summed E-state index contributed by atoms with van der Waals surface area (Å²) in [6.07, 6.45) is 1.91. The predicted molar refractivity (Wildman–Crippen MR) is 97.2 cm³/mol. The molecule has 0 fully saturated rings. The number of amides is 1. The first-order valence-electron chi connectivity index (χ1n) is 8.22. The van der Waals surface area contributed by atoms with Gasteiger partial charge in [-0.25, -0.2) is 0 Å². The molecule has 0 radical (unpaired) electrons. The number of hydrogen-bond acceptors (Lipinski definition) is 3. The molecule has 0 unspecified atom stereocenters. The van der Waals surface area contributed by atoms with E-state index in [1.54, 1.807) is 37.5 Å². The topological polar surface area (TPSA) is 62.5 Å². The molecule has 3 aromatic rings. The quantitative estimate of drug-likeness (QED) is 0.722. The fourth-order valence-corrected chi connectivity index (χ4v) is 2.67. The number of nitrogens with one attached hydrogen (secondary N) is 1. The minimum Gasteiger partial charge on any atom is -0.469 e. The maximum Gasteiger partial charge on any atom is 0.251 e. The smallest absolute Gasteiger partial charge is 0.251 e. The van der Waals surface area contributed by atoms with Crippen molar-refractivity contribution in [3.8, 4) is 11.1 Å². The molecule has 128 valence electrons. The minimum absolute atomic E-state index is 0.146. The minimum atomic E-state index is -1.07. The maximum atomic E-state index is 12.3. The van der Waals surface area contributed by atoms with Crippen molar-refractivity contribution in [2.75, 3.05) is 6.54 Å². The molecule has 2 aromatic carbocycles. The molecule has 0 saturated carbocycles. The van der Waals surface area contributed by atoms with Gasteiger partial charge in [-0.2, -0.15) is 0 Å². The third-order valence-corrected chi connectivity index (χ3v) is 4.02. The Balaban J connectivity index is 1.59. The van der Waals surface area contributed by atoms with E-state index in [-0.39, 0.29) is 12.5 Å². The molecular weight excluding hydrogens is 314 g/mol. The normalized spacial score (nSPS) is 13.2. The molecule has 0 saturated heterocycles. The van der Waals surface area contributed by atoms with Gasteiger partial charge in [0.2, 0.25) is 0 Å². The van der Waals surface area contributed by atoms with Gasteiger partial charge >= 0.3 is 0 Å². The Labute approximate surface area is 147 Å². The highest BCUT2D eigenvalue weighted by Crippen LogP contribution is 2.19. The van der Waals surface area contributed by atoms with E-state index in [4.69, 9.17) is 4.42 Å². The zero-order chi connectivity index (χ0) is 17.7. The van der Waals surface area contributed by atoms with Gasteiger partial charge in [0.25, 0.3) is 5.91 Å². The Bertz CT molecular complexity index is 806. The Morgan fingerprint density at radius 2 is 1.68 bits per heavy atom. The molecular formula is C21H21NO3. The molecule has 0 aliphatic heterocycles. The third-order valence-electron chi connectivity index (χ3n) is 4.02. The van der Waals surface area contributed by atoms with Crippen LogP contribution >= 0.6 is 0 Å². The standard InChI is InChI=1S/C21H21NO3/c1-21(24,14-19-8-5-13-25-19)15-22-20(23)18-11-9-17(10-12-18)16-6-3-2-4-7-16/h2-13,24H,14-15H2,1H3,(H,22,23)/t21-/m0/s1. The zero-order valence-electron chi connectivity index (χ0n) is 14.1. The second-order valence-electron chi connectivity index (χ2n) is 6.38. The van der Waals surface area contributed by atoms with Crippen LogP contribution in [0.2, 0.25) is 0 Å². The zero-order valence-corrected chi connectivity index (χ0v) is 14.1. The van der Waals surface area contributed by atoms with Crippen LogP contribution in [0.15, 0.2) is 77.4 Å². The summed E-state index contributed by atoms with van der Waals surface area (Å²) >= 11 is 0. The monoisotopic (exact) mass is 335 g/mol. The van der Waals surface area contributed by atoms with Crippen molar-refractivity contribution >= 4 is 5.91 Å². The Morgan fingerprint density at radius 1 is 1.00 bits per heavy atom. The van der Waals surface area contributed by atoms with Crippen LogP contribution in [0.25, 0.3) is 11.1 Å². The van der Waals surface area contributed by atoms with Crippen molar-refractivity contribution in [2.24, 2.45) is 0 Å². The Hall–Kier alpha value is -2.85. The van der Waals surface area contributed by atoms with Crippen molar-refractivity contribution in [3.05, 3.63) is 84.3 Å². The molecule has 0 bridgehead atoms. The summed E-state index contributed by atoms with van der Waals surface area (Å²) in [5, 5.41) is 13.2. The molecule has 0 aliphatic rings. The first-order valence-corrected chi connectivity index (χ1v) is 8.22. The lowest BCUT2D eigenvalue weighted by Gasteiger charge is -2.22. The number of furan rings is 1. The van der Waals surface area contributed by atoms with Crippen LogP contribution in [0.3, 0.4) is 0 Å². The van der Waals surface area contributed by atoms with Crippen LogP contribution in [0.5, 0.6) is 0 Å². The fourth-order valence-electron chi connectivity index (χ4n) is 2.67. The molecule has 4 nitrogen and oxygen atoms in total. The predicted octanol–water partition coefficient (Wildman–Crippen LogP) is 3.67. The second kappa shape index (κ2) is 7.36. The van der Waals surface area contributed by atoms with Crippen LogP contribution in [-0.2, 0) is 6.42 Å². The molecule has 1 aromatic heterocycles. The molecule has 4 heteroatoms. The number of carbonyl (C=O) groups excluding carboxylic acids is 1. The van der Waals surface area contributed by atoms with Crippen molar-refractivity contribution in [1.82, 2.24) is 5.32 Å². The van der Waals surface area contributed by atoms with Gasteiger partial charge in [-0.15, -0.1) is 0 Å². The lowest BCUT2D eigenvalue weighted by molar-refractivity contribution is 0.0510. The first kappa shape index (κ1) is 17.0. The fraction of sp³-hybridized carbons (Fsp3) is 0.190. The molecule has 0 spiro atoms. The van der Waals surface area contributed by atoms with E-state index in [2.05, 4.69) is 5.32 Å². The van der Waals surface area contributed by atoms with Crippen LogP contribution in [-0.4, -0.2) is 23.2 Å². The SMILES string of the molecule is C[C@@](O)(CNC(=O)c1ccc(-c2ccccc2)cc1)Cc1ccco1. The summed E-state index contributed by atoms with van der Waals surface area (Å²) in [6.45, 7) is 1.82. The lowest BCUT2D eigenvalue weighted by Crippen LogP contribution is -2.42. The maximum absolute atomic E-state index is 12.3. The molecule has 0 aliphatic carbocycles. The first-order chi connectivity index (χ1) is 12.0. The summed E-state index contributed by atoms with van der Waals surface area (Å²) in [7, 11) is 0. The molecule has 2 N–H and O–H groups in total. The van der Waals surface area contributed by atoms with E-state index < -0.39 is 5.60 Å². The number of carbonyl (C=O) groups is 1. The Kier molecular flexibility index (Phi) is 5.00. The van der Waals surface area contributed by atoms with E-state index in [0.717, 1.165) is 11.1 Å². The highest BCUT2D eigenvalue weighted by atomic mass is 16.3. The van der Waals surface area contributed by atoms with Crippen molar-refractivity contribution in [1.29, 1.82) is 0 Å². The number of hydrogen-bond donors (Lipinski definition) is 2. The average molecular weight is 335 g/mol. The van der Waals surface area contributed by atoms with Gasteiger partial charge in [-0.1, -0.05) is 42.5 Å². The summed E-state index contributed by atoms with van der Waals surface area (Å²) in [6, 6.07) is 21.0. The van der Waals surface area contributed by atoms with Crippen molar-refractivity contribution < 1.29 is 14.3 Å². The van der Waals surface area contributed by atoms with E-state index in [1.165, 1.54) is 0 Å². The van der Waals surface area contributed by atoms with Crippen LogP contribution in [0.1, 0.15) is 23.0 Å². The van der Waals surface area contributed by atoms with Crippen LogP contribution < -0.4 is 5.32 Å². The van der Waals surface area contributed by atoms with Crippen molar-refractivity contribution in [2.45, 2.75) is 18.9 Å². The van der Waals surface area contributed by atoms with E-state index in [9.17, 15) is 9.90 Å². The molecule has 3 rings (SSSR count). The van der Waals surface area contributed by atoms with Crippen LogP contribution in [0.4, 0.5) is 0 Å². The van der Waals surface area contributed by atoms with Gasteiger partial charge in [0, 0.05) is 18.5 Å². The highest BCUT2D eigenvalue weighted by Gasteiger charge is 2.23. The van der Waals surface area contributed by atoms with E-state index >= 15 is 0 Å². The van der Waals surface area contributed by atoms with Gasteiger partial charge < -0.3 is 14.8 Å². The molecule has 1 atom stereocenters. The van der Waals surface area contributed by atoms with Crippen molar-refractivity contribution in [3.63, 3.8) is 0 Å². The van der Waals surface area contributed by atoms with Gasteiger partial charge in [-0.05, 0) is 42.3 Å². The summed E-state index contributed by atoms with van der Waals surface area (Å²) in [5.74, 6) is 0.478. The van der Waals surface area contributed by atoms with Gasteiger partial charge in [0.15, 0.2) is 0 Å². The van der Waals surface area contributed by atoms with Crippen LogP contribution in [0, 0.1) is 0 Å². The number of aliphatic hydroxyl groups is 1. The molecule has 1 heterocycles. The number of benzene rings is 2. The van der Waals surface area contributed by atoms with E-state index in [0.29, 0.717) is 17.7 Å². The van der Waals surface area contributed by atoms with Gasteiger partial charge in [0.05, 0.1) is 11.9 Å². The largest absolute Gasteiger partial charge is 0.469 e. The number of rotatable bonds is 6. The summed E-state index contributed by atoms with van der Waals surface area (Å²) in [4.78, 5) is 12.3. The lowest BCUT2D eigenvalue weighted by atomic mass is 10.0. The van der Waals surface area contributed by atoms with Gasteiger partial charge in [0.1, 0.15) is 5.76 Å². The summed E-state index contributed by atoms with van der Waals surface area (Å²) < 4.78 is 5.24. The second-order valence-corrected chi connectivity index (χ2v) is 6.38. The average Bonchev–Trinajstić information content (AvgIpc) is 3.13. The molecule has 25 heavy (non-hydrogen) atoms. The van der Waals surface area contributed by atoms with E-state index in [1.807, 2.05) is 42.5 Å². The summed E-state index contributed by atoms with van der Waals surface area (Å²) in [5.41, 5.74) is 1.66.